The van der Waals surface area contributed by atoms with Gasteiger partial charge in [-0.2, -0.15) is 0 Å². The Kier molecular flexibility index (Phi) is 5.58. The third kappa shape index (κ3) is 4.37. The number of rotatable bonds is 6. The van der Waals surface area contributed by atoms with Gasteiger partial charge in [0.25, 0.3) is 0 Å². The van der Waals surface area contributed by atoms with E-state index in [9.17, 15) is 4.39 Å². The first-order chi connectivity index (χ1) is 8.86. The van der Waals surface area contributed by atoms with Crippen LogP contribution in [0.4, 0.5) is 4.39 Å². The third-order valence-corrected chi connectivity index (χ3v) is 3.24. The normalized spacial score (nSPS) is 16.9. The predicted molar refractivity (Wildman–Crippen MR) is 70.2 cm³/mol. The summed E-state index contributed by atoms with van der Waals surface area (Å²) in [6.45, 7) is 6.55. The van der Waals surface area contributed by atoms with Gasteiger partial charge in [0.05, 0.1) is 13.2 Å². The fourth-order valence-electron chi connectivity index (χ4n) is 2.11. The van der Waals surface area contributed by atoms with Crippen LogP contribution in [0.25, 0.3) is 0 Å². The summed E-state index contributed by atoms with van der Waals surface area (Å²) in [5.41, 5.74) is 0.788. The first-order valence-corrected chi connectivity index (χ1v) is 6.60. The van der Waals surface area contributed by atoms with E-state index in [-0.39, 0.29) is 5.82 Å². The van der Waals surface area contributed by atoms with E-state index < -0.39 is 0 Å². The van der Waals surface area contributed by atoms with Gasteiger partial charge in [-0.15, -0.1) is 0 Å². The van der Waals surface area contributed by atoms with Gasteiger partial charge in [-0.3, -0.25) is 4.90 Å². The van der Waals surface area contributed by atoms with Crippen molar-refractivity contribution in [3.05, 3.63) is 35.6 Å². The molecule has 0 radical (unpaired) electrons. The van der Waals surface area contributed by atoms with Gasteiger partial charge in [-0.25, -0.2) is 4.39 Å². The van der Waals surface area contributed by atoms with Gasteiger partial charge in [0.15, 0.2) is 0 Å². The van der Waals surface area contributed by atoms with E-state index in [1.54, 1.807) is 6.07 Å². The van der Waals surface area contributed by atoms with Crippen molar-refractivity contribution in [1.82, 2.24) is 10.2 Å². The Labute approximate surface area is 108 Å². The number of benzene rings is 1. The lowest BCUT2D eigenvalue weighted by molar-refractivity contribution is 0.0385. The summed E-state index contributed by atoms with van der Waals surface area (Å²) in [5.74, 6) is -0.104. The molecule has 0 amide bonds. The molecule has 1 aromatic rings. The van der Waals surface area contributed by atoms with Crippen LogP contribution < -0.4 is 5.32 Å². The molecule has 0 bridgehead atoms. The summed E-state index contributed by atoms with van der Waals surface area (Å²) in [4.78, 5) is 2.39. The van der Waals surface area contributed by atoms with Crippen LogP contribution >= 0.6 is 0 Å². The first-order valence-electron chi connectivity index (χ1n) is 6.60. The van der Waals surface area contributed by atoms with Gasteiger partial charge in [-0.1, -0.05) is 18.2 Å². The summed E-state index contributed by atoms with van der Waals surface area (Å²) in [5, 5.41) is 3.36. The average Bonchev–Trinajstić information content (AvgIpc) is 2.42. The highest BCUT2D eigenvalue weighted by Crippen LogP contribution is 2.06. The number of hydrogen-bond acceptors (Lipinski definition) is 3. The molecule has 0 spiro atoms. The lowest BCUT2D eigenvalue weighted by Gasteiger charge is -2.26. The van der Waals surface area contributed by atoms with Crippen molar-refractivity contribution in [2.45, 2.75) is 6.42 Å². The highest BCUT2D eigenvalue weighted by Gasteiger charge is 2.08. The molecular formula is C14H21FN2O. The minimum Gasteiger partial charge on any atom is -0.379 e. The second-order valence-electron chi connectivity index (χ2n) is 4.55. The summed E-state index contributed by atoms with van der Waals surface area (Å²) in [7, 11) is 0. The van der Waals surface area contributed by atoms with Gasteiger partial charge in [-0.05, 0) is 24.6 Å². The maximum absolute atomic E-state index is 13.3. The first kappa shape index (κ1) is 13.5. The van der Waals surface area contributed by atoms with E-state index >= 15 is 0 Å². The molecule has 1 saturated heterocycles. The molecule has 1 aliphatic rings. The second-order valence-corrected chi connectivity index (χ2v) is 4.55. The molecule has 3 nitrogen and oxygen atoms in total. The molecule has 0 atom stereocenters. The zero-order valence-corrected chi connectivity index (χ0v) is 10.7. The zero-order chi connectivity index (χ0) is 12.6. The highest BCUT2D eigenvalue weighted by molar-refractivity contribution is 5.17. The number of nitrogens with zero attached hydrogens (tertiary/aromatic N) is 1. The Morgan fingerprint density at radius 3 is 2.72 bits per heavy atom. The highest BCUT2D eigenvalue weighted by atomic mass is 19.1. The summed E-state index contributed by atoms with van der Waals surface area (Å²) < 4.78 is 18.6. The smallest absolute Gasteiger partial charge is 0.126 e. The van der Waals surface area contributed by atoms with Crippen LogP contribution in [0.5, 0.6) is 0 Å². The SMILES string of the molecule is Fc1ccccc1CCNCCN1CCOCC1. The van der Waals surface area contributed by atoms with Crippen LogP contribution in [0.2, 0.25) is 0 Å². The number of nitrogens with one attached hydrogen (secondary N) is 1. The number of ether oxygens (including phenoxy) is 1. The van der Waals surface area contributed by atoms with Crippen molar-refractivity contribution in [2.24, 2.45) is 0 Å². The molecule has 1 aliphatic heterocycles. The zero-order valence-electron chi connectivity index (χ0n) is 10.7. The maximum atomic E-state index is 13.3. The predicted octanol–water partition coefficient (Wildman–Crippen LogP) is 1.29. The molecule has 2 rings (SSSR count). The Morgan fingerprint density at radius 2 is 1.94 bits per heavy atom. The van der Waals surface area contributed by atoms with Crippen LogP contribution in [-0.4, -0.2) is 50.8 Å². The Balaban J connectivity index is 1.57. The minimum absolute atomic E-state index is 0.104. The van der Waals surface area contributed by atoms with Crippen molar-refractivity contribution in [3.8, 4) is 0 Å². The van der Waals surface area contributed by atoms with Crippen molar-refractivity contribution >= 4 is 0 Å². The van der Waals surface area contributed by atoms with E-state index in [2.05, 4.69) is 10.2 Å². The van der Waals surface area contributed by atoms with Crippen molar-refractivity contribution in [3.63, 3.8) is 0 Å². The third-order valence-electron chi connectivity index (χ3n) is 3.24. The summed E-state index contributed by atoms with van der Waals surface area (Å²) in [6.07, 6.45) is 0.746. The number of halogens is 1. The molecule has 0 unspecified atom stereocenters. The van der Waals surface area contributed by atoms with Crippen molar-refractivity contribution in [1.29, 1.82) is 0 Å². The standard InChI is InChI=1S/C14H21FN2O/c15-14-4-2-1-3-13(14)5-6-16-7-8-17-9-11-18-12-10-17/h1-4,16H,5-12H2. The van der Waals surface area contributed by atoms with Crippen LogP contribution in [0.1, 0.15) is 5.56 Å². The van der Waals surface area contributed by atoms with E-state index in [1.165, 1.54) is 6.07 Å². The quantitative estimate of drug-likeness (QED) is 0.772. The largest absolute Gasteiger partial charge is 0.379 e. The Hall–Kier alpha value is -0.970. The topological polar surface area (TPSA) is 24.5 Å². The molecule has 1 aromatic carbocycles. The van der Waals surface area contributed by atoms with E-state index in [4.69, 9.17) is 4.74 Å². The van der Waals surface area contributed by atoms with Gasteiger partial charge in [0, 0.05) is 26.2 Å². The van der Waals surface area contributed by atoms with Gasteiger partial charge < -0.3 is 10.1 Å². The molecule has 0 saturated carbocycles. The molecule has 100 valence electrons. The molecule has 1 heterocycles. The van der Waals surface area contributed by atoms with Gasteiger partial charge in [0.1, 0.15) is 5.82 Å². The monoisotopic (exact) mass is 252 g/mol. The molecule has 1 fully saturated rings. The van der Waals surface area contributed by atoms with Crippen LogP contribution in [0.3, 0.4) is 0 Å². The van der Waals surface area contributed by atoms with Crippen LogP contribution in [-0.2, 0) is 11.2 Å². The van der Waals surface area contributed by atoms with E-state index in [0.29, 0.717) is 0 Å². The summed E-state index contributed by atoms with van der Waals surface area (Å²) >= 11 is 0. The molecule has 18 heavy (non-hydrogen) atoms. The van der Waals surface area contributed by atoms with Crippen molar-refractivity contribution < 1.29 is 9.13 Å². The maximum Gasteiger partial charge on any atom is 0.126 e. The molecule has 0 aliphatic carbocycles. The minimum atomic E-state index is -0.104. The van der Waals surface area contributed by atoms with Crippen LogP contribution in [0, 0.1) is 5.82 Å². The van der Waals surface area contributed by atoms with Crippen molar-refractivity contribution in [2.75, 3.05) is 45.9 Å². The number of hydrogen-bond donors (Lipinski definition) is 1. The fourth-order valence-corrected chi connectivity index (χ4v) is 2.11. The molecule has 0 aromatic heterocycles. The lowest BCUT2D eigenvalue weighted by atomic mass is 10.1. The summed E-state index contributed by atoms with van der Waals surface area (Å²) in [6, 6.07) is 6.97. The molecule has 1 N–H and O–H groups in total. The average molecular weight is 252 g/mol. The Bertz CT molecular complexity index is 353. The van der Waals surface area contributed by atoms with E-state index in [1.807, 2.05) is 12.1 Å². The van der Waals surface area contributed by atoms with Gasteiger partial charge in [0.2, 0.25) is 0 Å². The number of morpholine rings is 1. The van der Waals surface area contributed by atoms with E-state index in [0.717, 1.165) is 57.9 Å². The molecular weight excluding hydrogens is 231 g/mol. The lowest BCUT2D eigenvalue weighted by Crippen LogP contribution is -2.40. The molecule has 4 heteroatoms. The van der Waals surface area contributed by atoms with Crippen LogP contribution in [0.15, 0.2) is 24.3 Å². The fraction of sp³-hybridized carbons (Fsp3) is 0.571. The van der Waals surface area contributed by atoms with Gasteiger partial charge >= 0.3 is 0 Å². The second kappa shape index (κ2) is 7.46. The Morgan fingerprint density at radius 1 is 1.17 bits per heavy atom.